The van der Waals surface area contributed by atoms with Crippen LogP contribution >= 0.6 is 0 Å². The van der Waals surface area contributed by atoms with Crippen molar-refractivity contribution in [1.29, 1.82) is 0 Å². The van der Waals surface area contributed by atoms with E-state index in [4.69, 9.17) is 0 Å². The number of hydrogen-bond donors (Lipinski definition) is 0. The molecule has 0 saturated heterocycles. The van der Waals surface area contributed by atoms with Gasteiger partial charge in [-0.1, -0.05) is 376 Å². The number of aryl methyl sites for hydroxylation is 2. The third-order valence-corrected chi connectivity index (χ3v) is 26.3. The van der Waals surface area contributed by atoms with E-state index in [0.717, 1.165) is 145 Å². The summed E-state index contributed by atoms with van der Waals surface area (Å²) in [5, 5.41) is 0. The van der Waals surface area contributed by atoms with Crippen molar-refractivity contribution in [2.45, 2.75) is 19.3 Å². The van der Waals surface area contributed by atoms with Gasteiger partial charge in [-0.2, -0.15) is 0 Å². The van der Waals surface area contributed by atoms with Gasteiger partial charge in [0.25, 0.3) is 0 Å². The van der Waals surface area contributed by atoms with E-state index in [0.29, 0.717) is 0 Å². The summed E-state index contributed by atoms with van der Waals surface area (Å²) in [5.41, 5.74) is 47.6. The summed E-state index contributed by atoms with van der Waals surface area (Å²) >= 11 is 0. The molecule has 606 valence electrons. The second kappa shape index (κ2) is 34.3. The lowest BCUT2D eigenvalue weighted by atomic mass is 9.65. The number of rotatable bonds is 19. The van der Waals surface area contributed by atoms with Crippen LogP contribution in [0, 0.1) is 13.8 Å². The van der Waals surface area contributed by atoms with E-state index in [-0.39, 0.29) is 0 Å². The monoisotopic (exact) mass is 1640 g/mol. The van der Waals surface area contributed by atoms with Crippen LogP contribution in [0.25, 0.3) is 200 Å². The summed E-state index contributed by atoms with van der Waals surface area (Å²) in [6.07, 6.45) is 0. The van der Waals surface area contributed by atoms with Crippen LogP contribution in [0.1, 0.15) is 33.4 Å². The second-order valence-corrected chi connectivity index (χ2v) is 34.3. The average Bonchev–Trinajstić information content (AvgIpc) is 1.52. The summed E-state index contributed by atoms with van der Waals surface area (Å²) < 4.78 is 0. The van der Waals surface area contributed by atoms with Crippen molar-refractivity contribution in [2.24, 2.45) is 0 Å². The standard InChI is InChI=1S/C129H90/c1-87-35-27-28-61-123(87)124-62-34-64-126-128(124)127-88(2)36-29-63-125(127)129(126,121-83-117(101-57-30-53-97(65-101)113-73-105(89-37-11-3-12-38-89)69-106(74-113)90-39-13-4-14-40-90)81-118(84-121)102-58-31-54-98(66-102)114-75-107(91-41-15-5-16-42-91)70-108(76-114)92-43-17-6-18-44-92)122-85-119(103-59-32-55-99(67-103)115-77-109(93-45-19-7-20-46-93)71-110(78-115)94-47-21-8-22-48-94)82-120(86-122)104-60-33-56-100(68-104)116-79-111(95-49-23-9-24-50-95)72-112(80-116)96-51-25-10-26-52-96/h3-86H,1-2H3. The maximum absolute atomic E-state index is 2.57. The first-order chi connectivity index (χ1) is 63.7. The van der Waals surface area contributed by atoms with E-state index < -0.39 is 5.41 Å². The first kappa shape index (κ1) is 78.6. The van der Waals surface area contributed by atoms with E-state index in [2.05, 4.69) is 523 Å². The Morgan fingerprint density at radius 1 is 0.116 bits per heavy atom. The summed E-state index contributed by atoms with van der Waals surface area (Å²) in [6.45, 7) is 4.61. The molecule has 1 aliphatic rings. The van der Waals surface area contributed by atoms with Gasteiger partial charge >= 0.3 is 0 Å². The zero-order valence-corrected chi connectivity index (χ0v) is 72.0. The molecule has 0 aromatic heterocycles. The van der Waals surface area contributed by atoms with Gasteiger partial charge < -0.3 is 0 Å². The molecule has 1 aliphatic carbocycles. The molecule has 0 saturated carbocycles. The molecule has 0 fully saturated rings. The van der Waals surface area contributed by atoms with Gasteiger partial charge in [-0.3, -0.25) is 0 Å². The Kier molecular flexibility index (Phi) is 20.9. The van der Waals surface area contributed by atoms with Crippen molar-refractivity contribution in [2.75, 3.05) is 0 Å². The Labute approximate surface area is 757 Å². The zero-order chi connectivity index (χ0) is 86.1. The third-order valence-electron chi connectivity index (χ3n) is 26.3. The zero-order valence-electron chi connectivity index (χ0n) is 72.0. The summed E-state index contributed by atoms with van der Waals surface area (Å²) in [6, 6.07) is 191. The molecule has 21 aromatic rings. The molecule has 0 heteroatoms. The molecule has 0 bridgehead atoms. The van der Waals surface area contributed by atoms with Crippen molar-refractivity contribution >= 4 is 0 Å². The van der Waals surface area contributed by atoms with Gasteiger partial charge in [-0.15, -0.1) is 0 Å². The predicted octanol–water partition coefficient (Wildman–Crippen LogP) is 35.0. The van der Waals surface area contributed by atoms with E-state index in [1.807, 2.05) is 0 Å². The molecule has 0 N–H and O–H groups in total. The Bertz CT molecular complexity index is 6740. The minimum absolute atomic E-state index is 1.01. The van der Waals surface area contributed by atoms with Crippen LogP contribution in [0.4, 0.5) is 0 Å². The summed E-state index contributed by atoms with van der Waals surface area (Å²) in [5.74, 6) is 0. The Morgan fingerprint density at radius 3 is 0.519 bits per heavy atom. The molecule has 0 atom stereocenters. The minimum Gasteiger partial charge on any atom is -0.0622 e. The van der Waals surface area contributed by atoms with Crippen molar-refractivity contribution in [1.82, 2.24) is 0 Å². The molecular weight excluding hydrogens is 1550 g/mol. The second-order valence-electron chi connectivity index (χ2n) is 34.3. The molecule has 129 heavy (non-hydrogen) atoms. The highest BCUT2D eigenvalue weighted by Crippen LogP contribution is 2.61. The van der Waals surface area contributed by atoms with E-state index in [1.54, 1.807) is 0 Å². The van der Waals surface area contributed by atoms with Gasteiger partial charge in [0.15, 0.2) is 0 Å². The highest BCUT2D eigenvalue weighted by molar-refractivity contribution is 6.00. The van der Waals surface area contributed by atoms with E-state index >= 15 is 0 Å². The SMILES string of the molecule is Cc1ccccc1-c1cccc2c1-c1c(C)cccc1C2(c1cc(-c2cccc(-c3cc(-c4ccccc4)cc(-c4ccccc4)c3)c2)cc(-c2cccc(-c3cc(-c4ccccc4)cc(-c4ccccc4)c3)c2)c1)c1cc(-c2cccc(-c3cc(-c4ccccc4)cc(-c4ccccc4)c3)c2)cc(-c2cccc(-c3cc(-c4ccccc4)cc(-c4ccccc4)c3)c2)c1. The Morgan fingerprint density at radius 2 is 0.279 bits per heavy atom. The van der Waals surface area contributed by atoms with Crippen LogP contribution < -0.4 is 0 Å². The van der Waals surface area contributed by atoms with Crippen molar-refractivity contribution in [3.8, 4) is 200 Å². The molecule has 0 nitrogen and oxygen atoms in total. The lowest BCUT2D eigenvalue weighted by Crippen LogP contribution is -2.29. The van der Waals surface area contributed by atoms with Gasteiger partial charge in [0.2, 0.25) is 0 Å². The van der Waals surface area contributed by atoms with Crippen molar-refractivity contribution in [3.05, 3.63) is 543 Å². The number of benzene rings is 21. The normalized spacial score (nSPS) is 11.9. The van der Waals surface area contributed by atoms with Gasteiger partial charge in [-0.25, -0.2) is 0 Å². The average molecular weight is 1640 g/mol. The van der Waals surface area contributed by atoms with Crippen LogP contribution in [0.2, 0.25) is 0 Å². The lowest BCUT2D eigenvalue weighted by Gasteiger charge is -2.36. The molecule has 0 unspecified atom stereocenters. The predicted molar refractivity (Wildman–Crippen MR) is 546 cm³/mol. The Hall–Kier alpha value is -16.4. The highest BCUT2D eigenvalue weighted by Gasteiger charge is 2.48. The first-order valence-corrected chi connectivity index (χ1v) is 44.8. The van der Waals surface area contributed by atoms with E-state index in [1.165, 1.54) is 89.0 Å². The molecule has 0 amide bonds. The van der Waals surface area contributed by atoms with Crippen LogP contribution in [-0.2, 0) is 5.41 Å². The topological polar surface area (TPSA) is 0 Å². The number of fused-ring (bicyclic) bond motifs is 3. The van der Waals surface area contributed by atoms with Gasteiger partial charge in [0.1, 0.15) is 0 Å². The fourth-order valence-electron chi connectivity index (χ4n) is 19.9. The quantitative estimate of drug-likeness (QED) is 0.0757. The van der Waals surface area contributed by atoms with Crippen LogP contribution in [0.5, 0.6) is 0 Å². The third kappa shape index (κ3) is 15.5. The Balaban J connectivity index is 0.827. The van der Waals surface area contributed by atoms with Gasteiger partial charge in [-0.05, 0) is 381 Å². The molecule has 0 spiro atoms. The van der Waals surface area contributed by atoms with Crippen LogP contribution in [-0.4, -0.2) is 0 Å². The minimum atomic E-state index is -1.01. The molecule has 0 heterocycles. The molecule has 22 rings (SSSR count). The maximum atomic E-state index is 2.57. The van der Waals surface area contributed by atoms with Crippen molar-refractivity contribution < 1.29 is 0 Å². The number of hydrogen-bond acceptors (Lipinski definition) is 0. The molecule has 21 aromatic carbocycles. The van der Waals surface area contributed by atoms with E-state index in [9.17, 15) is 0 Å². The molecule has 0 radical (unpaired) electrons. The van der Waals surface area contributed by atoms with Gasteiger partial charge in [0.05, 0.1) is 5.41 Å². The summed E-state index contributed by atoms with van der Waals surface area (Å²) in [4.78, 5) is 0. The summed E-state index contributed by atoms with van der Waals surface area (Å²) in [7, 11) is 0. The highest BCUT2D eigenvalue weighted by atomic mass is 14.5. The smallest absolute Gasteiger partial charge is 0.0622 e. The van der Waals surface area contributed by atoms with Crippen molar-refractivity contribution in [3.63, 3.8) is 0 Å². The lowest BCUT2D eigenvalue weighted by molar-refractivity contribution is 0.769. The van der Waals surface area contributed by atoms with Crippen LogP contribution in [0.3, 0.4) is 0 Å². The fourth-order valence-corrected chi connectivity index (χ4v) is 19.9. The maximum Gasteiger partial charge on any atom is 0.0714 e. The fraction of sp³-hybridized carbons (Fsp3) is 0.0233. The van der Waals surface area contributed by atoms with Gasteiger partial charge in [0, 0.05) is 0 Å². The molecule has 0 aliphatic heterocycles. The largest absolute Gasteiger partial charge is 0.0714 e. The first-order valence-electron chi connectivity index (χ1n) is 44.8. The van der Waals surface area contributed by atoms with Crippen LogP contribution in [0.15, 0.2) is 510 Å². The molecular formula is C129H90.